The monoisotopic (exact) mass is 225 g/mol. The molecule has 1 aliphatic heterocycles. The maximum atomic E-state index is 11.7. The molecule has 1 aliphatic rings. The van der Waals surface area contributed by atoms with Crippen molar-refractivity contribution in [3.05, 3.63) is 17.7 Å². The lowest BCUT2D eigenvalue weighted by atomic mass is 10.1. The molecular formula is C9H11N3O2S. The molecule has 0 aromatic carbocycles. The molecule has 0 atom stereocenters. The van der Waals surface area contributed by atoms with Gasteiger partial charge >= 0.3 is 0 Å². The standard InChI is InChI=1S/C9H11N3O2S/c1-6(2)8-9-7(10-5-11-8)3-4-12-15(9,13)14/h4-6H,3H2,1-2H3. The van der Waals surface area contributed by atoms with Crippen molar-refractivity contribution in [2.24, 2.45) is 4.40 Å². The molecule has 0 saturated heterocycles. The highest BCUT2D eigenvalue weighted by Gasteiger charge is 2.27. The summed E-state index contributed by atoms with van der Waals surface area (Å²) in [6.45, 7) is 3.80. The van der Waals surface area contributed by atoms with Gasteiger partial charge < -0.3 is 0 Å². The minimum absolute atomic E-state index is 0.0461. The average molecular weight is 225 g/mol. The van der Waals surface area contributed by atoms with Gasteiger partial charge in [0.15, 0.2) is 0 Å². The van der Waals surface area contributed by atoms with Crippen molar-refractivity contribution in [1.82, 2.24) is 9.97 Å². The number of nitrogens with zero attached hydrogens (tertiary/aromatic N) is 3. The second kappa shape index (κ2) is 3.37. The van der Waals surface area contributed by atoms with Crippen molar-refractivity contribution in [2.45, 2.75) is 31.1 Å². The van der Waals surface area contributed by atoms with Crippen molar-refractivity contribution in [3.63, 3.8) is 0 Å². The first-order chi connectivity index (χ1) is 7.02. The molecule has 15 heavy (non-hydrogen) atoms. The minimum Gasteiger partial charge on any atom is -0.240 e. The fourth-order valence-corrected chi connectivity index (χ4v) is 2.90. The average Bonchev–Trinajstić information content (AvgIpc) is 2.16. The minimum atomic E-state index is -3.57. The van der Waals surface area contributed by atoms with Crippen LogP contribution in [0.25, 0.3) is 0 Å². The fourth-order valence-electron chi connectivity index (χ4n) is 1.54. The Morgan fingerprint density at radius 3 is 2.73 bits per heavy atom. The van der Waals surface area contributed by atoms with Gasteiger partial charge in [0, 0.05) is 12.6 Å². The summed E-state index contributed by atoms with van der Waals surface area (Å²) >= 11 is 0. The van der Waals surface area contributed by atoms with E-state index in [0.717, 1.165) is 0 Å². The van der Waals surface area contributed by atoms with Crippen LogP contribution in [0.4, 0.5) is 0 Å². The van der Waals surface area contributed by atoms with Crippen LogP contribution in [0.1, 0.15) is 31.2 Å². The van der Waals surface area contributed by atoms with Crippen LogP contribution in [0.2, 0.25) is 0 Å². The Morgan fingerprint density at radius 1 is 1.33 bits per heavy atom. The van der Waals surface area contributed by atoms with Crippen LogP contribution < -0.4 is 0 Å². The highest BCUT2D eigenvalue weighted by atomic mass is 32.2. The highest BCUT2D eigenvalue weighted by Crippen LogP contribution is 2.27. The molecule has 0 bridgehead atoms. The molecule has 2 rings (SSSR count). The van der Waals surface area contributed by atoms with E-state index in [2.05, 4.69) is 14.4 Å². The van der Waals surface area contributed by atoms with Gasteiger partial charge in [-0.1, -0.05) is 13.8 Å². The van der Waals surface area contributed by atoms with Crippen molar-refractivity contribution in [1.29, 1.82) is 0 Å². The van der Waals surface area contributed by atoms with E-state index in [1.807, 2.05) is 13.8 Å². The quantitative estimate of drug-likeness (QED) is 0.712. The Bertz CT molecular complexity index is 520. The molecular weight excluding hydrogens is 214 g/mol. The second-order valence-electron chi connectivity index (χ2n) is 3.66. The Morgan fingerprint density at radius 2 is 2.07 bits per heavy atom. The third kappa shape index (κ3) is 1.65. The lowest BCUT2D eigenvalue weighted by Crippen LogP contribution is -2.15. The maximum absolute atomic E-state index is 11.7. The third-order valence-corrected chi connectivity index (χ3v) is 3.60. The molecule has 0 fully saturated rings. The van der Waals surface area contributed by atoms with E-state index >= 15 is 0 Å². The molecule has 1 aromatic heterocycles. The van der Waals surface area contributed by atoms with Gasteiger partial charge in [-0.3, -0.25) is 0 Å². The lowest BCUT2D eigenvalue weighted by molar-refractivity contribution is 0.590. The van der Waals surface area contributed by atoms with Crippen molar-refractivity contribution in [2.75, 3.05) is 0 Å². The van der Waals surface area contributed by atoms with E-state index < -0.39 is 10.0 Å². The molecule has 0 spiro atoms. The molecule has 80 valence electrons. The van der Waals surface area contributed by atoms with Gasteiger partial charge in [-0.25, -0.2) is 9.97 Å². The van der Waals surface area contributed by atoms with Crippen LogP contribution in [0.3, 0.4) is 0 Å². The van der Waals surface area contributed by atoms with Gasteiger partial charge in [-0.05, 0) is 5.92 Å². The number of fused-ring (bicyclic) bond motifs is 1. The van der Waals surface area contributed by atoms with Crippen LogP contribution >= 0.6 is 0 Å². The summed E-state index contributed by atoms with van der Waals surface area (Å²) in [6.07, 6.45) is 3.23. The molecule has 5 nitrogen and oxygen atoms in total. The molecule has 0 radical (unpaired) electrons. The number of hydrogen-bond donors (Lipinski definition) is 0. The zero-order chi connectivity index (χ0) is 11.1. The summed E-state index contributed by atoms with van der Waals surface area (Å²) in [5, 5.41) is 0. The predicted molar refractivity (Wildman–Crippen MR) is 55.5 cm³/mol. The van der Waals surface area contributed by atoms with Gasteiger partial charge in [-0.2, -0.15) is 12.8 Å². The third-order valence-electron chi connectivity index (χ3n) is 2.21. The molecule has 0 amide bonds. The normalized spacial score (nSPS) is 17.8. The van der Waals surface area contributed by atoms with Crippen molar-refractivity contribution in [3.8, 4) is 0 Å². The zero-order valence-corrected chi connectivity index (χ0v) is 9.32. The van der Waals surface area contributed by atoms with Crippen LogP contribution in [0.5, 0.6) is 0 Å². The summed E-state index contributed by atoms with van der Waals surface area (Å²) in [5.41, 5.74) is 1.10. The number of aromatic nitrogens is 2. The van der Waals surface area contributed by atoms with Gasteiger partial charge in [-0.15, -0.1) is 0 Å². The van der Waals surface area contributed by atoms with Gasteiger partial charge in [0.25, 0.3) is 10.0 Å². The van der Waals surface area contributed by atoms with E-state index in [1.165, 1.54) is 12.5 Å². The first-order valence-electron chi connectivity index (χ1n) is 4.65. The van der Waals surface area contributed by atoms with Crippen molar-refractivity contribution >= 4 is 16.2 Å². The van der Waals surface area contributed by atoms with Gasteiger partial charge in [0.05, 0.1) is 11.4 Å². The highest BCUT2D eigenvalue weighted by molar-refractivity contribution is 7.90. The largest absolute Gasteiger partial charge is 0.285 e. The van der Waals surface area contributed by atoms with Gasteiger partial charge in [0.2, 0.25) is 0 Å². The summed E-state index contributed by atoms with van der Waals surface area (Å²) in [4.78, 5) is 8.20. The van der Waals surface area contributed by atoms with E-state index in [1.54, 1.807) is 0 Å². The molecule has 0 unspecified atom stereocenters. The topological polar surface area (TPSA) is 72.3 Å². The molecule has 0 aliphatic carbocycles. The van der Waals surface area contributed by atoms with Crippen LogP contribution in [0, 0.1) is 0 Å². The predicted octanol–water partition coefficient (Wildman–Crippen LogP) is 0.916. The molecule has 0 N–H and O–H groups in total. The smallest absolute Gasteiger partial charge is 0.240 e. The van der Waals surface area contributed by atoms with E-state index in [9.17, 15) is 8.42 Å². The molecule has 1 aromatic rings. The number of rotatable bonds is 1. The van der Waals surface area contributed by atoms with Crippen LogP contribution in [0.15, 0.2) is 15.6 Å². The van der Waals surface area contributed by atoms with E-state index in [-0.39, 0.29) is 10.8 Å². The van der Waals surface area contributed by atoms with Crippen LogP contribution in [-0.4, -0.2) is 24.6 Å². The lowest BCUT2D eigenvalue weighted by Gasteiger charge is -2.14. The second-order valence-corrected chi connectivity index (χ2v) is 5.23. The van der Waals surface area contributed by atoms with Crippen LogP contribution in [-0.2, 0) is 16.4 Å². The Kier molecular flexibility index (Phi) is 2.30. The fraction of sp³-hybridized carbons (Fsp3) is 0.444. The van der Waals surface area contributed by atoms with Gasteiger partial charge in [0.1, 0.15) is 11.2 Å². The summed E-state index contributed by atoms with van der Waals surface area (Å²) in [7, 11) is -3.57. The molecule has 2 heterocycles. The van der Waals surface area contributed by atoms with E-state index in [4.69, 9.17) is 0 Å². The Balaban J connectivity index is 2.76. The SMILES string of the molecule is CC(C)c1ncnc2c1S(=O)(=O)N=CC2. The number of sulfonamides is 1. The molecule has 6 heteroatoms. The van der Waals surface area contributed by atoms with Crippen molar-refractivity contribution < 1.29 is 8.42 Å². The Labute approximate surface area is 88.3 Å². The summed E-state index contributed by atoms with van der Waals surface area (Å²) in [6, 6.07) is 0. The maximum Gasteiger partial charge on any atom is 0.285 e. The number of hydrogen-bond acceptors (Lipinski definition) is 4. The molecule has 0 saturated carbocycles. The first kappa shape index (κ1) is 10.2. The summed E-state index contributed by atoms with van der Waals surface area (Å²) < 4.78 is 27.0. The zero-order valence-electron chi connectivity index (χ0n) is 8.51. The van der Waals surface area contributed by atoms with E-state index in [0.29, 0.717) is 17.8 Å². The Hall–Kier alpha value is -1.30. The first-order valence-corrected chi connectivity index (χ1v) is 6.09. The summed E-state index contributed by atoms with van der Waals surface area (Å²) in [5.74, 6) is 0.0461.